The van der Waals surface area contributed by atoms with Crippen LogP contribution in [0.3, 0.4) is 0 Å². The lowest BCUT2D eigenvalue weighted by Gasteiger charge is -2.29. The molecule has 1 aliphatic heterocycles. The molecule has 0 saturated heterocycles. The number of ether oxygens (including phenoxy) is 2. The van der Waals surface area contributed by atoms with Gasteiger partial charge in [-0.2, -0.15) is 0 Å². The van der Waals surface area contributed by atoms with Gasteiger partial charge in [-0.1, -0.05) is 76.2 Å². The summed E-state index contributed by atoms with van der Waals surface area (Å²) >= 11 is 0. The van der Waals surface area contributed by atoms with Crippen molar-refractivity contribution in [3.05, 3.63) is 71.8 Å². The normalized spacial score (nSPS) is 13.0. The SMILES string of the molecule is CC.CC.CC(C)(C)OC(=O)N1CC=C(c2ccc(OCc3ccccc3)cc2)CC1. The fourth-order valence-corrected chi connectivity index (χ4v) is 2.93. The first-order chi connectivity index (χ1) is 14.9. The number of hydrogen-bond donors (Lipinski definition) is 0. The topological polar surface area (TPSA) is 38.8 Å². The maximum Gasteiger partial charge on any atom is 0.410 e. The molecule has 1 amide bonds. The Morgan fingerprint density at radius 2 is 1.55 bits per heavy atom. The van der Waals surface area contributed by atoms with Crippen molar-refractivity contribution in [1.82, 2.24) is 4.90 Å². The quantitative estimate of drug-likeness (QED) is 0.514. The van der Waals surface area contributed by atoms with Crippen molar-refractivity contribution in [2.45, 2.75) is 67.1 Å². The summed E-state index contributed by atoms with van der Waals surface area (Å²) < 4.78 is 11.3. The number of rotatable bonds is 4. The summed E-state index contributed by atoms with van der Waals surface area (Å²) in [5.41, 5.74) is 3.12. The van der Waals surface area contributed by atoms with Gasteiger partial charge in [0, 0.05) is 13.1 Å². The smallest absolute Gasteiger partial charge is 0.410 e. The molecule has 0 radical (unpaired) electrons. The second-order valence-electron chi connectivity index (χ2n) is 7.70. The minimum Gasteiger partial charge on any atom is -0.489 e. The molecule has 0 unspecified atom stereocenters. The highest BCUT2D eigenvalue weighted by Crippen LogP contribution is 2.25. The van der Waals surface area contributed by atoms with E-state index in [1.54, 1.807) is 4.90 Å². The molecule has 0 bridgehead atoms. The molecule has 0 atom stereocenters. The second kappa shape index (κ2) is 13.5. The van der Waals surface area contributed by atoms with Crippen molar-refractivity contribution >= 4 is 11.7 Å². The van der Waals surface area contributed by atoms with Crippen LogP contribution in [0.25, 0.3) is 5.57 Å². The molecule has 2 aromatic rings. The Labute approximate surface area is 188 Å². The lowest BCUT2D eigenvalue weighted by atomic mass is 9.99. The Balaban J connectivity index is 0.00000113. The van der Waals surface area contributed by atoms with Crippen molar-refractivity contribution < 1.29 is 14.3 Å². The Bertz CT molecular complexity index is 789. The third-order valence-electron chi connectivity index (χ3n) is 4.33. The van der Waals surface area contributed by atoms with Crippen molar-refractivity contribution in [1.29, 1.82) is 0 Å². The maximum absolute atomic E-state index is 12.1. The summed E-state index contributed by atoms with van der Waals surface area (Å²) in [7, 11) is 0. The van der Waals surface area contributed by atoms with E-state index in [0.717, 1.165) is 17.7 Å². The molecule has 1 aliphatic rings. The molecule has 0 aliphatic carbocycles. The fraction of sp³-hybridized carbons (Fsp3) is 0.444. The fourth-order valence-electron chi connectivity index (χ4n) is 2.93. The van der Waals surface area contributed by atoms with Gasteiger partial charge < -0.3 is 14.4 Å². The van der Waals surface area contributed by atoms with Crippen LogP contribution in [0.5, 0.6) is 5.75 Å². The zero-order valence-electron chi connectivity index (χ0n) is 20.3. The summed E-state index contributed by atoms with van der Waals surface area (Å²) in [6.07, 6.45) is 2.68. The molecule has 0 spiro atoms. The molecule has 0 fully saturated rings. The molecule has 0 N–H and O–H groups in total. The molecular formula is C27H39NO3. The highest BCUT2D eigenvalue weighted by Gasteiger charge is 2.23. The largest absolute Gasteiger partial charge is 0.489 e. The van der Waals surface area contributed by atoms with Crippen LogP contribution in [0, 0.1) is 0 Å². The van der Waals surface area contributed by atoms with Crippen LogP contribution >= 0.6 is 0 Å². The van der Waals surface area contributed by atoms with Gasteiger partial charge in [-0.25, -0.2) is 4.79 Å². The molecule has 4 heteroatoms. The van der Waals surface area contributed by atoms with Crippen molar-refractivity contribution in [2.75, 3.05) is 13.1 Å². The highest BCUT2D eigenvalue weighted by molar-refractivity contribution is 5.72. The van der Waals surface area contributed by atoms with E-state index < -0.39 is 5.60 Å². The standard InChI is InChI=1S/C23H27NO3.2C2H6/c1-23(2,3)27-22(25)24-15-13-20(14-16-24)19-9-11-21(12-10-19)26-17-18-7-5-4-6-8-18;2*1-2/h4-13H,14-17H2,1-3H3;2*1-2H3. The zero-order valence-corrected chi connectivity index (χ0v) is 20.3. The monoisotopic (exact) mass is 425 g/mol. The lowest BCUT2D eigenvalue weighted by Crippen LogP contribution is -2.39. The molecular weight excluding hydrogens is 386 g/mol. The van der Waals surface area contributed by atoms with Gasteiger partial charge in [0.1, 0.15) is 18.0 Å². The summed E-state index contributed by atoms with van der Waals surface area (Å²) in [5, 5.41) is 0. The third-order valence-corrected chi connectivity index (χ3v) is 4.33. The van der Waals surface area contributed by atoms with Crippen LogP contribution in [0.1, 0.15) is 66.0 Å². The number of carbonyl (C=O) groups is 1. The zero-order chi connectivity index (χ0) is 23.3. The second-order valence-corrected chi connectivity index (χ2v) is 7.70. The van der Waals surface area contributed by atoms with Crippen molar-refractivity contribution in [2.24, 2.45) is 0 Å². The Hall–Kier alpha value is -2.75. The van der Waals surface area contributed by atoms with E-state index in [-0.39, 0.29) is 6.09 Å². The number of hydrogen-bond acceptors (Lipinski definition) is 3. The van der Waals surface area contributed by atoms with Crippen LogP contribution in [-0.2, 0) is 11.3 Å². The summed E-state index contributed by atoms with van der Waals surface area (Å²) in [6.45, 7) is 15.5. The molecule has 4 nitrogen and oxygen atoms in total. The third kappa shape index (κ3) is 9.29. The predicted octanol–water partition coefficient (Wildman–Crippen LogP) is 7.34. The Morgan fingerprint density at radius 3 is 2.06 bits per heavy atom. The van der Waals surface area contributed by atoms with Crippen molar-refractivity contribution in [3.8, 4) is 5.75 Å². The number of nitrogens with zero attached hydrogens (tertiary/aromatic N) is 1. The number of benzene rings is 2. The average Bonchev–Trinajstić information content (AvgIpc) is 2.80. The van der Waals surface area contributed by atoms with E-state index in [1.807, 2.05) is 78.8 Å². The van der Waals surface area contributed by atoms with Gasteiger partial charge >= 0.3 is 6.09 Å². The molecule has 0 saturated carbocycles. The lowest BCUT2D eigenvalue weighted by molar-refractivity contribution is 0.0270. The van der Waals surface area contributed by atoms with Crippen LogP contribution in [0.15, 0.2) is 60.7 Å². The minimum atomic E-state index is -0.462. The Kier molecular flexibility index (Phi) is 11.5. The highest BCUT2D eigenvalue weighted by atomic mass is 16.6. The minimum absolute atomic E-state index is 0.248. The van der Waals surface area contributed by atoms with Gasteiger partial charge in [-0.05, 0) is 56.0 Å². The molecule has 0 aromatic heterocycles. The summed E-state index contributed by atoms with van der Waals surface area (Å²) in [4.78, 5) is 13.9. The van der Waals surface area contributed by atoms with E-state index in [1.165, 1.54) is 11.1 Å². The van der Waals surface area contributed by atoms with Gasteiger partial charge in [0.2, 0.25) is 0 Å². The van der Waals surface area contributed by atoms with Gasteiger partial charge in [-0.3, -0.25) is 0 Å². The average molecular weight is 426 g/mol. The van der Waals surface area contributed by atoms with Crippen LogP contribution in [-0.4, -0.2) is 29.7 Å². The molecule has 3 rings (SSSR count). The van der Waals surface area contributed by atoms with E-state index in [2.05, 4.69) is 30.3 Å². The van der Waals surface area contributed by atoms with E-state index in [0.29, 0.717) is 19.7 Å². The first kappa shape index (κ1) is 26.3. The van der Waals surface area contributed by atoms with E-state index >= 15 is 0 Å². The summed E-state index contributed by atoms with van der Waals surface area (Å²) in [6, 6.07) is 18.3. The van der Waals surface area contributed by atoms with Crippen LogP contribution < -0.4 is 4.74 Å². The molecule has 170 valence electrons. The maximum atomic E-state index is 12.1. The van der Waals surface area contributed by atoms with Gasteiger partial charge in [0.15, 0.2) is 0 Å². The summed E-state index contributed by atoms with van der Waals surface area (Å²) in [5.74, 6) is 0.856. The Morgan fingerprint density at radius 1 is 0.935 bits per heavy atom. The van der Waals surface area contributed by atoms with Crippen LogP contribution in [0.4, 0.5) is 4.79 Å². The first-order valence-corrected chi connectivity index (χ1v) is 11.3. The number of carbonyl (C=O) groups excluding carboxylic acids is 1. The van der Waals surface area contributed by atoms with Crippen molar-refractivity contribution in [3.63, 3.8) is 0 Å². The van der Waals surface area contributed by atoms with Gasteiger partial charge in [0.05, 0.1) is 0 Å². The van der Waals surface area contributed by atoms with E-state index in [4.69, 9.17) is 9.47 Å². The molecule has 31 heavy (non-hydrogen) atoms. The van der Waals surface area contributed by atoms with Gasteiger partial charge in [0.25, 0.3) is 0 Å². The van der Waals surface area contributed by atoms with E-state index in [9.17, 15) is 4.79 Å². The molecule has 1 heterocycles. The first-order valence-electron chi connectivity index (χ1n) is 11.3. The van der Waals surface area contributed by atoms with Crippen LogP contribution in [0.2, 0.25) is 0 Å². The number of amides is 1. The molecule has 2 aromatic carbocycles. The van der Waals surface area contributed by atoms with Gasteiger partial charge in [-0.15, -0.1) is 0 Å². The predicted molar refractivity (Wildman–Crippen MR) is 130 cm³/mol.